The van der Waals surface area contributed by atoms with Crippen LogP contribution in [0.4, 0.5) is 10.2 Å². The molecule has 0 bridgehead atoms. The Morgan fingerprint density at radius 3 is 2.75 bits per heavy atom. The van der Waals surface area contributed by atoms with E-state index in [0.29, 0.717) is 22.1 Å². The van der Waals surface area contributed by atoms with Crippen LogP contribution in [-0.4, -0.2) is 16.3 Å². The van der Waals surface area contributed by atoms with E-state index in [1.54, 1.807) is 24.5 Å². The molecule has 0 aliphatic carbocycles. The molecular formula is C18H14ClFN4. The van der Waals surface area contributed by atoms with E-state index in [9.17, 15) is 4.39 Å². The molecular weight excluding hydrogens is 327 g/mol. The fourth-order valence-corrected chi connectivity index (χ4v) is 2.59. The van der Waals surface area contributed by atoms with Crippen LogP contribution in [0.3, 0.4) is 0 Å². The maximum absolute atomic E-state index is 14.3. The van der Waals surface area contributed by atoms with E-state index in [1.165, 1.54) is 18.5 Å². The molecule has 3 rings (SSSR count). The van der Waals surface area contributed by atoms with E-state index >= 15 is 0 Å². The van der Waals surface area contributed by atoms with Crippen molar-refractivity contribution < 1.29 is 4.39 Å². The number of hydrogen-bond acceptors (Lipinski definition) is 3. The predicted molar refractivity (Wildman–Crippen MR) is 94.9 cm³/mol. The van der Waals surface area contributed by atoms with E-state index in [1.807, 2.05) is 19.1 Å². The third-order valence-electron chi connectivity index (χ3n) is 3.47. The average molecular weight is 341 g/mol. The van der Waals surface area contributed by atoms with E-state index < -0.39 is 0 Å². The lowest BCUT2D eigenvalue weighted by Gasteiger charge is -2.11. The monoisotopic (exact) mass is 340 g/mol. The molecule has 2 aromatic heterocycles. The average Bonchev–Trinajstić information content (AvgIpc) is 2.58. The van der Waals surface area contributed by atoms with Crippen molar-refractivity contribution in [2.45, 2.75) is 6.92 Å². The molecule has 0 aliphatic heterocycles. The minimum atomic E-state index is -0.383. The molecule has 2 N–H and O–H groups in total. The van der Waals surface area contributed by atoms with Crippen LogP contribution >= 0.6 is 11.6 Å². The highest BCUT2D eigenvalue weighted by Gasteiger charge is 2.14. The molecule has 0 amide bonds. The second-order valence-corrected chi connectivity index (χ2v) is 5.65. The summed E-state index contributed by atoms with van der Waals surface area (Å²) in [4.78, 5) is 12.5. The molecule has 0 fully saturated rings. The molecule has 0 spiro atoms. The Morgan fingerprint density at radius 1 is 1.12 bits per heavy atom. The van der Waals surface area contributed by atoms with Crippen molar-refractivity contribution in [2.75, 3.05) is 0 Å². The quantitative estimate of drug-likeness (QED) is 0.562. The van der Waals surface area contributed by atoms with Crippen molar-refractivity contribution in [3.05, 3.63) is 65.2 Å². The Balaban J connectivity index is 2.23. The molecule has 4 nitrogen and oxygen atoms in total. The summed E-state index contributed by atoms with van der Waals surface area (Å²) in [6, 6.07) is 9.93. The number of aromatic nitrogens is 2. The highest BCUT2D eigenvalue weighted by atomic mass is 35.5. The van der Waals surface area contributed by atoms with Crippen molar-refractivity contribution in [1.29, 1.82) is 0 Å². The minimum Gasteiger partial charge on any atom is -0.390 e. The summed E-state index contributed by atoms with van der Waals surface area (Å²) in [5.41, 5.74) is 8.72. The molecule has 24 heavy (non-hydrogen) atoms. The Kier molecular flexibility index (Phi) is 4.53. The van der Waals surface area contributed by atoms with Crippen molar-refractivity contribution >= 4 is 23.8 Å². The zero-order chi connectivity index (χ0) is 17.1. The summed E-state index contributed by atoms with van der Waals surface area (Å²) >= 11 is 6.03. The number of nitrogens with two attached hydrogens (primary N) is 1. The number of hydrogen-bond donors (Lipinski definition) is 1. The Morgan fingerprint density at radius 2 is 1.96 bits per heavy atom. The lowest BCUT2D eigenvalue weighted by atomic mass is 9.98. The summed E-state index contributed by atoms with van der Waals surface area (Å²) in [7, 11) is 0. The SMILES string of the molecule is Cc1cnc(-c2cc(Cl)ccc2F)c(-c2ccnc(N=CN)c2)c1. The maximum atomic E-state index is 14.3. The zero-order valence-corrected chi connectivity index (χ0v) is 13.6. The van der Waals surface area contributed by atoms with Crippen molar-refractivity contribution in [3.8, 4) is 22.4 Å². The second kappa shape index (κ2) is 6.76. The first-order valence-electron chi connectivity index (χ1n) is 7.21. The standard InChI is InChI=1S/C18H14ClFN4/c1-11-6-14(12-4-5-22-17(7-12)24-10-21)18(23-9-11)15-8-13(19)2-3-16(15)20/h2-10H,1H3,(H2,21,22,24). The molecule has 6 heteroatoms. The second-order valence-electron chi connectivity index (χ2n) is 5.21. The Bertz CT molecular complexity index is 925. The lowest BCUT2D eigenvalue weighted by molar-refractivity contribution is 0.631. The van der Waals surface area contributed by atoms with Gasteiger partial charge in [-0.25, -0.2) is 14.4 Å². The summed E-state index contributed by atoms with van der Waals surface area (Å²) < 4.78 is 14.3. The van der Waals surface area contributed by atoms with E-state index in [-0.39, 0.29) is 5.82 Å². The summed E-state index contributed by atoms with van der Waals surface area (Å²) in [6.45, 7) is 1.93. The molecule has 2 heterocycles. The number of pyridine rings is 2. The van der Waals surface area contributed by atoms with Gasteiger partial charge in [-0.15, -0.1) is 0 Å². The normalized spacial score (nSPS) is 11.1. The van der Waals surface area contributed by atoms with Crippen LogP contribution in [0.1, 0.15) is 5.56 Å². The van der Waals surface area contributed by atoms with Gasteiger partial charge >= 0.3 is 0 Å². The van der Waals surface area contributed by atoms with E-state index in [4.69, 9.17) is 17.3 Å². The Hall–Kier alpha value is -2.79. The largest absolute Gasteiger partial charge is 0.390 e. The lowest BCUT2D eigenvalue weighted by Crippen LogP contribution is -1.94. The number of rotatable bonds is 3. The summed E-state index contributed by atoms with van der Waals surface area (Å²) in [5, 5.41) is 0.447. The molecule has 0 atom stereocenters. The van der Waals surface area contributed by atoms with Gasteiger partial charge in [0, 0.05) is 28.5 Å². The van der Waals surface area contributed by atoms with Crippen LogP contribution in [0.15, 0.2) is 53.8 Å². The number of nitrogens with zero attached hydrogens (tertiary/aromatic N) is 3. The van der Waals surface area contributed by atoms with Crippen molar-refractivity contribution in [3.63, 3.8) is 0 Å². The molecule has 0 aliphatic rings. The number of aryl methyl sites for hydroxylation is 1. The third kappa shape index (κ3) is 3.26. The predicted octanol–water partition coefficient (Wildman–Crippen LogP) is 4.53. The summed E-state index contributed by atoms with van der Waals surface area (Å²) in [6.07, 6.45) is 4.50. The summed E-state index contributed by atoms with van der Waals surface area (Å²) in [5.74, 6) is 0.0836. The van der Waals surface area contributed by atoms with Crippen LogP contribution in [0.25, 0.3) is 22.4 Å². The van der Waals surface area contributed by atoms with Crippen molar-refractivity contribution in [1.82, 2.24) is 9.97 Å². The highest BCUT2D eigenvalue weighted by molar-refractivity contribution is 6.30. The highest BCUT2D eigenvalue weighted by Crippen LogP contribution is 2.34. The minimum absolute atomic E-state index is 0.346. The number of halogens is 2. The Labute approximate surface area is 143 Å². The smallest absolute Gasteiger partial charge is 0.154 e. The third-order valence-corrected chi connectivity index (χ3v) is 3.71. The maximum Gasteiger partial charge on any atom is 0.154 e. The van der Waals surface area contributed by atoms with Gasteiger partial charge in [0.15, 0.2) is 5.82 Å². The molecule has 0 saturated heterocycles. The molecule has 120 valence electrons. The van der Waals surface area contributed by atoms with E-state index in [0.717, 1.165) is 16.7 Å². The zero-order valence-electron chi connectivity index (χ0n) is 12.9. The fraction of sp³-hybridized carbons (Fsp3) is 0.0556. The van der Waals surface area contributed by atoms with Crippen LogP contribution in [0.5, 0.6) is 0 Å². The van der Waals surface area contributed by atoms with Gasteiger partial charge in [-0.05, 0) is 54.4 Å². The molecule has 0 unspecified atom stereocenters. The van der Waals surface area contributed by atoms with Gasteiger partial charge in [0.1, 0.15) is 5.82 Å². The topological polar surface area (TPSA) is 64.2 Å². The first-order chi connectivity index (χ1) is 11.6. The van der Waals surface area contributed by atoms with Gasteiger partial charge in [0.05, 0.1) is 12.0 Å². The van der Waals surface area contributed by atoms with Gasteiger partial charge < -0.3 is 5.73 Å². The molecule has 1 aromatic carbocycles. The van der Waals surface area contributed by atoms with Crippen LogP contribution in [0.2, 0.25) is 5.02 Å². The number of benzene rings is 1. The van der Waals surface area contributed by atoms with Crippen molar-refractivity contribution in [2.24, 2.45) is 10.7 Å². The number of aliphatic imine (C=N–C) groups is 1. The van der Waals surface area contributed by atoms with Crippen LogP contribution < -0.4 is 5.73 Å². The fourth-order valence-electron chi connectivity index (χ4n) is 2.42. The molecule has 0 radical (unpaired) electrons. The van der Waals surface area contributed by atoms with Gasteiger partial charge in [0.25, 0.3) is 0 Å². The molecule has 0 saturated carbocycles. The van der Waals surface area contributed by atoms with Gasteiger partial charge in [-0.2, -0.15) is 0 Å². The van der Waals surface area contributed by atoms with Gasteiger partial charge in [-0.3, -0.25) is 4.98 Å². The van der Waals surface area contributed by atoms with Gasteiger partial charge in [0.2, 0.25) is 0 Å². The van der Waals surface area contributed by atoms with Crippen LogP contribution in [-0.2, 0) is 0 Å². The first-order valence-corrected chi connectivity index (χ1v) is 7.59. The van der Waals surface area contributed by atoms with Crippen LogP contribution in [0, 0.1) is 12.7 Å². The first kappa shape index (κ1) is 16.1. The van der Waals surface area contributed by atoms with Gasteiger partial charge in [-0.1, -0.05) is 11.6 Å². The molecule has 3 aromatic rings. The van der Waals surface area contributed by atoms with E-state index in [2.05, 4.69) is 15.0 Å².